The Labute approximate surface area is 147 Å². The van der Waals surface area contributed by atoms with Crippen LogP contribution >= 0.6 is 0 Å². The third kappa shape index (κ3) is 5.17. The summed E-state index contributed by atoms with van der Waals surface area (Å²) in [7, 11) is 1.38. The van der Waals surface area contributed by atoms with Gasteiger partial charge in [0.15, 0.2) is 6.29 Å². The van der Waals surface area contributed by atoms with Crippen LogP contribution in [0.1, 0.15) is 37.3 Å². The molecule has 0 spiro atoms. The molecule has 0 heterocycles. The molecule has 25 heavy (non-hydrogen) atoms. The Morgan fingerprint density at radius 3 is 2.72 bits per heavy atom. The van der Waals surface area contributed by atoms with Gasteiger partial charge in [-0.25, -0.2) is 0 Å². The number of benzene rings is 1. The average Bonchev–Trinajstić information content (AvgIpc) is 2.57. The van der Waals surface area contributed by atoms with Crippen LogP contribution in [0.2, 0.25) is 0 Å². The average molecular weight is 345 g/mol. The number of nitrogens with zero attached hydrogens (tertiary/aromatic N) is 1. The summed E-state index contributed by atoms with van der Waals surface area (Å²) in [6.07, 6.45) is 4.97. The lowest BCUT2D eigenvalue weighted by atomic mass is 9.86. The van der Waals surface area contributed by atoms with Crippen molar-refractivity contribution in [2.24, 2.45) is 11.1 Å². The number of aldehydes is 1. The first-order valence-corrected chi connectivity index (χ1v) is 8.23. The molecule has 2 rings (SSSR count). The summed E-state index contributed by atoms with van der Waals surface area (Å²) in [5.74, 6) is 0.101. The minimum atomic E-state index is -0.791. The molecule has 1 aliphatic carbocycles. The molecule has 0 unspecified atom stereocenters. The van der Waals surface area contributed by atoms with Gasteiger partial charge in [0.05, 0.1) is 12.8 Å². The van der Waals surface area contributed by atoms with E-state index in [9.17, 15) is 9.59 Å². The van der Waals surface area contributed by atoms with E-state index in [4.69, 9.17) is 14.3 Å². The van der Waals surface area contributed by atoms with Crippen LogP contribution in [-0.2, 0) is 19.2 Å². The lowest BCUT2D eigenvalue weighted by Crippen LogP contribution is -2.16. The van der Waals surface area contributed by atoms with Crippen molar-refractivity contribution in [3.8, 4) is 5.75 Å². The second-order valence-electron chi connectivity index (χ2n) is 6.05. The minimum absolute atomic E-state index is 0.173. The normalized spacial score (nSPS) is 15.3. The Kier molecular flexibility index (Phi) is 6.74. The molecule has 0 saturated heterocycles. The molecule has 0 radical (unpaired) electrons. The summed E-state index contributed by atoms with van der Waals surface area (Å²) in [6.45, 7) is 4.33. The quantitative estimate of drug-likeness (QED) is 0.172. The summed E-state index contributed by atoms with van der Waals surface area (Å²) in [5, 5.41) is 4.15. The van der Waals surface area contributed by atoms with Crippen molar-refractivity contribution in [3.63, 3.8) is 0 Å². The number of hydrogen-bond donors (Lipinski definition) is 0. The van der Waals surface area contributed by atoms with Crippen molar-refractivity contribution in [1.82, 2.24) is 0 Å². The van der Waals surface area contributed by atoms with Gasteiger partial charge in [-0.1, -0.05) is 23.7 Å². The lowest BCUT2D eigenvalue weighted by molar-refractivity contribution is -0.128. The topological polar surface area (TPSA) is 74.2 Å². The Hall–Kier alpha value is -2.63. The van der Waals surface area contributed by atoms with Crippen molar-refractivity contribution in [2.45, 2.75) is 33.1 Å². The van der Waals surface area contributed by atoms with E-state index in [0.29, 0.717) is 24.0 Å². The molecule has 1 saturated carbocycles. The highest BCUT2D eigenvalue weighted by Crippen LogP contribution is 2.26. The Bertz CT molecular complexity index is 689. The van der Waals surface area contributed by atoms with Gasteiger partial charge < -0.3 is 14.3 Å². The molecule has 0 N–H and O–H groups in total. The van der Waals surface area contributed by atoms with Crippen LogP contribution in [0.15, 0.2) is 35.4 Å². The van der Waals surface area contributed by atoms with Gasteiger partial charge >= 0.3 is 0 Å². The molecule has 134 valence electrons. The Morgan fingerprint density at radius 2 is 2.12 bits per heavy atom. The smallest absolute Gasteiger partial charge is 0.263 e. The number of Topliss-reactive ketones (excluding diaryl/α,β-unsaturated/α-hetero) is 1. The number of ketones is 1. The van der Waals surface area contributed by atoms with E-state index in [1.165, 1.54) is 26.4 Å². The number of methoxy groups -OCH3 is 1. The number of rotatable bonds is 9. The first kappa shape index (κ1) is 18.7. The van der Waals surface area contributed by atoms with Crippen molar-refractivity contribution in [3.05, 3.63) is 41.3 Å². The first-order valence-electron chi connectivity index (χ1n) is 8.23. The third-order valence-corrected chi connectivity index (χ3v) is 4.14. The fourth-order valence-corrected chi connectivity index (χ4v) is 2.30. The molecule has 1 aromatic rings. The van der Waals surface area contributed by atoms with Gasteiger partial charge in [-0.3, -0.25) is 9.59 Å². The molecular weight excluding hydrogens is 322 g/mol. The Balaban J connectivity index is 2.12. The highest BCUT2D eigenvalue weighted by Gasteiger charge is 2.18. The van der Waals surface area contributed by atoms with Gasteiger partial charge in [0, 0.05) is 5.56 Å². The predicted octanol–water partition coefficient (Wildman–Crippen LogP) is 3.17. The van der Waals surface area contributed by atoms with Crippen molar-refractivity contribution in [2.75, 3.05) is 13.7 Å². The van der Waals surface area contributed by atoms with E-state index in [1.54, 1.807) is 6.07 Å². The second kappa shape index (κ2) is 9.01. The minimum Gasteiger partial charge on any atom is -0.500 e. The molecule has 1 aromatic carbocycles. The van der Waals surface area contributed by atoms with Crippen LogP contribution in [0.5, 0.6) is 5.75 Å². The summed E-state index contributed by atoms with van der Waals surface area (Å²) in [5.41, 5.74) is 2.33. The Morgan fingerprint density at radius 1 is 1.36 bits per heavy atom. The number of aryl methyl sites for hydroxylation is 1. The summed E-state index contributed by atoms with van der Waals surface area (Å²) < 4.78 is 10.4. The highest BCUT2D eigenvalue weighted by atomic mass is 16.6. The van der Waals surface area contributed by atoms with Crippen LogP contribution in [0.3, 0.4) is 0 Å². The first-order chi connectivity index (χ1) is 12.0. The fourth-order valence-electron chi connectivity index (χ4n) is 2.30. The molecule has 0 bridgehead atoms. The van der Waals surface area contributed by atoms with E-state index >= 15 is 0 Å². The van der Waals surface area contributed by atoms with Crippen LogP contribution in [0, 0.1) is 12.8 Å². The van der Waals surface area contributed by atoms with Gasteiger partial charge in [0.2, 0.25) is 5.76 Å². The van der Waals surface area contributed by atoms with Gasteiger partial charge in [-0.15, -0.1) is 0 Å². The number of carbonyl (C=O) groups is 2. The van der Waals surface area contributed by atoms with Crippen molar-refractivity contribution >= 4 is 17.8 Å². The van der Waals surface area contributed by atoms with Gasteiger partial charge in [-0.05, 0) is 44.2 Å². The predicted molar refractivity (Wildman–Crippen MR) is 93.5 cm³/mol. The molecule has 1 fully saturated rings. The largest absolute Gasteiger partial charge is 0.500 e. The van der Waals surface area contributed by atoms with E-state index in [2.05, 4.69) is 5.16 Å². The van der Waals surface area contributed by atoms with Crippen LogP contribution in [0.4, 0.5) is 0 Å². The zero-order valence-corrected chi connectivity index (χ0v) is 14.8. The van der Waals surface area contributed by atoms with E-state index in [0.717, 1.165) is 17.4 Å². The standard InChI is InChI=1S/C19H23NO5/c1-13-7-8-16(14(2)20-24-11-15-5-4-6-15)9-18(13)25-19(12-23-3)17(22)10-21/h7-10,12,15H,4-6,11H2,1-3H3/b19-12-,20-14+. The van der Waals surface area contributed by atoms with Crippen LogP contribution in [-0.4, -0.2) is 31.5 Å². The zero-order valence-electron chi connectivity index (χ0n) is 14.8. The highest BCUT2D eigenvalue weighted by molar-refractivity contribution is 6.32. The summed E-state index contributed by atoms with van der Waals surface area (Å²) >= 11 is 0. The van der Waals surface area contributed by atoms with Crippen molar-refractivity contribution < 1.29 is 23.9 Å². The molecule has 6 nitrogen and oxygen atoms in total. The molecule has 0 amide bonds. The number of ether oxygens (including phenoxy) is 2. The van der Waals surface area contributed by atoms with Crippen LogP contribution < -0.4 is 4.74 Å². The molecule has 0 atom stereocenters. The van der Waals surface area contributed by atoms with Gasteiger partial charge in [-0.2, -0.15) is 0 Å². The SMILES string of the molecule is CO/C=C(\Oc1cc(/C(C)=N/OCC2CCC2)ccc1C)C(=O)C=O. The summed E-state index contributed by atoms with van der Waals surface area (Å²) in [6, 6.07) is 5.50. The fraction of sp³-hybridized carbons (Fsp3) is 0.421. The number of hydrogen-bond acceptors (Lipinski definition) is 6. The molecule has 0 aromatic heterocycles. The van der Waals surface area contributed by atoms with Crippen molar-refractivity contribution in [1.29, 1.82) is 0 Å². The lowest BCUT2D eigenvalue weighted by Gasteiger charge is -2.23. The molecular formula is C19H23NO5. The van der Waals surface area contributed by atoms with E-state index in [-0.39, 0.29) is 12.0 Å². The molecule has 0 aliphatic heterocycles. The maximum atomic E-state index is 11.6. The van der Waals surface area contributed by atoms with E-state index in [1.807, 2.05) is 26.0 Å². The van der Waals surface area contributed by atoms with Gasteiger partial charge in [0.1, 0.15) is 18.6 Å². The number of carbonyl (C=O) groups excluding carboxylic acids is 2. The number of allylic oxidation sites excluding steroid dienone is 1. The second-order valence-corrected chi connectivity index (χ2v) is 6.05. The van der Waals surface area contributed by atoms with Crippen LogP contribution in [0.25, 0.3) is 0 Å². The monoisotopic (exact) mass is 345 g/mol. The van der Waals surface area contributed by atoms with Gasteiger partial charge in [0.25, 0.3) is 5.78 Å². The number of oxime groups is 1. The zero-order chi connectivity index (χ0) is 18.2. The maximum absolute atomic E-state index is 11.6. The summed E-state index contributed by atoms with van der Waals surface area (Å²) in [4.78, 5) is 27.7. The third-order valence-electron chi connectivity index (χ3n) is 4.14. The molecule has 6 heteroatoms. The molecule has 1 aliphatic rings. The van der Waals surface area contributed by atoms with E-state index < -0.39 is 5.78 Å². The maximum Gasteiger partial charge on any atom is 0.263 e.